The summed E-state index contributed by atoms with van der Waals surface area (Å²) < 4.78 is 6.30. The number of ketones is 1. The topological polar surface area (TPSA) is 66.8 Å². The summed E-state index contributed by atoms with van der Waals surface area (Å²) in [4.78, 5) is 28.9. The van der Waals surface area contributed by atoms with E-state index in [2.05, 4.69) is 46.1 Å². The molecule has 3 aliphatic carbocycles. The third-order valence-electron chi connectivity index (χ3n) is 10.2. The van der Waals surface area contributed by atoms with Crippen LogP contribution < -0.4 is 0 Å². The Kier molecular flexibility index (Phi) is 8.68. The van der Waals surface area contributed by atoms with Crippen LogP contribution in [0.2, 0.25) is 0 Å². The van der Waals surface area contributed by atoms with Crippen molar-refractivity contribution in [3.05, 3.63) is 12.7 Å². The molecule has 0 aromatic carbocycles. The fourth-order valence-electron chi connectivity index (χ4n) is 7.58. The number of hydrogen-bond acceptors (Lipinski definition) is 6. The van der Waals surface area contributed by atoms with Crippen LogP contribution in [0.1, 0.15) is 73.6 Å². The molecular formula is C28H47NO4S. The maximum absolute atomic E-state index is 13.4. The molecule has 0 saturated heterocycles. The molecule has 0 aromatic rings. The quantitative estimate of drug-likeness (QED) is 0.278. The summed E-state index contributed by atoms with van der Waals surface area (Å²) in [5.41, 5.74) is -1.25. The Labute approximate surface area is 211 Å². The fourth-order valence-corrected chi connectivity index (χ4v) is 8.35. The highest BCUT2D eigenvalue weighted by Crippen LogP contribution is 2.67. The van der Waals surface area contributed by atoms with Gasteiger partial charge in [-0.05, 0) is 56.0 Å². The van der Waals surface area contributed by atoms with E-state index in [4.69, 9.17) is 4.74 Å². The van der Waals surface area contributed by atoms with E-state index >= 15 is 0 Å². The van der Waals surface area contributed by atoms with Gasteiger partial charge in [-0.25, -0.2) is 0 Å². The molecule has 0 aromatic heterocycles. The van der Waals surface area contributed by atoms with E-state index in [0.29, 0.717) is 24.4 Å². The number of aliphatic hydroxyl groups excluding tert-OH is 1. The van der Waals surface area contributed by atoms with Gasteiger partial charge >= 0.3 is 5.97 Å². The number of aliphatic hydroxyl groups is 1. The van der Waals surface area contributed by atoms with Gasteiger partial charge in [0.1, 0.15) is 11.9 Å². The van der Waals surface area contributed by atoms with Crippen molar-refractivity contribution in [3.63, 3.8) is 0 Å². The van der Waals surface area contributed by atoms with Crippen LogP contribution in [-0.2, 0) is 14.3 Å². The van der Waals surface area contributed by atoms with Crippen LogP contribution in [-0.4, -0.2) is 65.1 Å². The van der Waals surface area contributed by atoms with Crippen molar-refractivity contribution < 1.29 is 19.4 Å². The zero-order valence-corrected chi connectivity index (χ0v) is 23.1. The van der Waals surface area contributed by atoms with Crippen LogP contribution in [0, 0.1) is 34.0 Å². The Bertz CT molecular complexity index is 770. The second-order valence-corrected chi connectivity index (χ2v) is 12.7. The van der Waals surface area contributed by atoms with Gasteiger partial charge in [0.15, 0.2) is 0 Å². The van der Waals surface area contributed by atoms with E-state index in [-0.39, 0.29) is 29.1 Å². The van der Waals surface area contributed by atoms with Crippen LogP contribution in [0.3, 0.4) is 0 Å². The number of carbonyl (C=O) groups excluding carboxylic acids is 2. The number of esters is 1. The molecule has 34 heavy (non-hydrogen) atoms. The Morgan fingerprint density at radius 1 is 1.26 bits per heavy atom. The predicted molar refractivity (Wildman–Crippen MR) is 140 cm³/mol. The summed E-state index contributed by atoms with van der Waals surface area (Å²) in [6.07, 6.45) is 4.64. The smallest absolute Gasteiger partial charge is 0.316 e. The molecule has 2 bridgehead atoms. The van der Waals surface area contributed by atoms with Gasteiger partial charge in [0.2, 0.25) is 0 Å². The van der Waals surface area contributed by atoms with Gasteiger partial charge < -0.3 is 14.7 Å². The first kappa shape index (κ1) is 27.7. The zero-order chi connectivity index (χ0) is 25.3. The number of carbonyl (C=O) groups is 2. The molecule has 5 nitrogen and oxygen atoms in total. The number of nitrogens with zero attached hydrogens (tertiary/aromatic N) is 1. The van der Waals surface area contributed by atoms with E-state index in [1.165, 1.54) is 0 Å². The largest absolute Gasteiger partial charge is 0.461 e. The van der Waals surface area contributed by atoms with Crippen molar-refractivity contribution >= 4 is 23.5 Å². The molecule has 1 N–H and O–H groups in total. The Morgan fingerprint density at radius 2 is 1.94 bits per heavy atom. The first-order chi connectivity index (χ1) is 16.0. The van der Waals surface area contributed by atoms with Crippen LogP contribution in [0.15, 0.2) is 12.7 Å². The highest BCUT2D eigenvalue weighted by atomic mass is 32.2. The number of rotatable bonds is 9. The summed E-state index contributed by atoms with van der Waals surface area (Å²) >= 11 is 1.61. The van der Waals surface area contributed by atoms with Gasteiger partial charge in [0, 0.05) is 35.5 Å². The summed E-state index contributed by atoms with van der Waals surface area (Å²) in [7, 11) is 0. The maximum atomic E-state index is 13.4. The Balaban J connectivity index is 1.88. The van der Waals surface area contributed by atoms with E-state index in [9.17, 15) is 14.7 Å². The molecule has 8 atom stereocenters. The van der Waals surface area contributed by atoms with Gasteiger partial charge in [0.25, 0.3) is 0 Å². The zero-order valence-electron chi connectivity index (χ0n) is 22.3. The first-order valence-corrected chi connectivity index (χ1v) is 14.5. The predicted octanol–water partition coefficient (Wildman–Crippen LogP) is 4.97. The number of thioether (sulfide) groups is 1. The number of hydrogen-bond donors (Lipinski definition) is 1. The van der Waals surface area contributed by atoms with Crippen molar-refractivity contribution in [2.75, 3.05) is 31.1 Å². The molecular weight excluding hydrogens is 446 g/mol. The number of ether oxygens (including phenoxy) is 1. The van der Waals surface area contributed by atoms with Crippen molar-refractivity contribution in [3.8, 4) is 0 Å². The van der Waals surface area contributed by atoms with Crippen molar-refractivity contribution in [1.82, 2.24) is 4.90 Å². The van der Waals surface area contributed by atoms with Crippen LogP contribution in [0.5, 0.6) is 0 Å². The highest BCUT2D eigenvalue weighted by Gasteiger charge is 2.68. The third-order valence-corrected chi connectivity index (χ3v) is 11.2. The molecule has 0 spiro atoms. The Morgan fingerprint density at radius 3 is 2.56 bits per heavy atom. The minimum atomic E-state index is -0.624. The molecule has 0 amide bonds. The maximum Gasteiger partial charge on any atom is 0.316 e. The average molecular weight is 494 g/mol. The summed E-state index contributed by atoms with van der Waals surface area (Å²) in [6, 6.07) is 0. The van der Waals surface area contributed by atoms with E-state index in [0.717, 1.165) is 44.6 Å². The lowest BCUT2D eigenvalue weighted by molar-refractivity contribution is -0.205. The van der Waals surface area contributed by atoms with E-state index < -0.39 is 23.0 Å². The minimum absolute atomic E-state index is 0.00828. The molecule has 1 unspecified atom stereocenters. The summed E-state index contributed by atoms with van der Waals surface area (Å²) in [5.74, 6) is 1.37. The molecule has 0 heterocycles. The van der Waals surface area contributed by atoms with Gasteiger partial charge in [-0.1, -0.05) is 47.6 Å². The van der Waals surface area contributed by atoms with Crippen LogP contribution in [0.4, 0.5) is 0 Å². The van der Waals surface area contributed by atoms with Gasteiger partial charge in [-0.3, -0.25) is 9.59 Å². The first-order valence-electron chi connectivity index (χ1n) is 13.3. The molecule has 3 aliphatic rings. The van der Waals surface area contributed by atoms with Crippen LogP contribution in [0.25, 0.3) is 0 Å². The highest BCUT2D eigenvalue weighted by molar-refractivity contribution is 7.99. The van der Waals surface area contributed by atoms with E-state index in [1.807, 2.05) is 13.0 Å². The molecule has 3 fully saturated rings. The molecule has 3 saturated carbocycles. The molecule has 194 valence electrons. The van der Waals surface area contributed by atoms with Crippen molar-refractivity contribution in [2.45, 2.75) is 85.9 Å². The van der Waals surface area contributed by atoms with Gasteiger partial charge in [-0.2, -0.15) is 0 Å². The summed E-state index contributed by atoms with van der Waals surface area (Å²) in [5, 5.41) is 11.6. The third kappa shape index (κ3) is 4.64. The second kappa shape index (κ2) is 10.6. The van der Waals surface area contributed by atoms with Crippen LogP contribution >= 0.6 is 11.8 Å². The molecule has 0 aliphatic heterocycles. The number of Topliss-reactive ketones (excluding diaryl/α,β-unsaturated/α-hetero) is 1. The molecule has 0 radical (unpaired) electrons. The van der Waals surface area contributed by atoms with Crippen molar-refractivity contribution in [1.29, 1.82) is 0 Å². The van der Waals surface area contributed by atoms with Gasteiger partial charge in [-0.15, -0.1) is 18.3 Å². The lowest BCUT2D eigenvalue weighted by Gasteiger charge is -2.61. The van der Waals surface area contributed by atoms with Crippen molar-refractivity contribution in [2.24, 2.45) is 34.0 Å². The summed E-state index contributed by atoms with van der Waals surface area (Å²) in [6.45, 7) is 20.0. The average Bonchev–Trinajstić information content (AvgIpc) is 3.17. The SMILES string of the molecule is C=C[C@]1(C)C[C@@H](OC(=O)CSCCN(CC)CC)[C@]2(C)C(C)CC[C@]3(CCC(=O)[C@@H]32)[C@@H](C)[C@@H]1O. The lowest BCUT2D eigenvalue weighted by Crippen LogP contribution is -2.63. The normalized spacial score (nSPS) is 42.1. The molecule has 3 rings (SSSR count). The monoisotopic (exact) mass is 493 g/mol. The van der Waals surface area contributed by atoms with Gasteiger partial charge in [0.05, 0.1) is 11.9 Å². The van der Waals surface area contributed by atoms with E-state index in [1.54, 1.807) is 11.8 Å². The second-order valence-electron chi connectivity index (χ2n) is 11.6. The Hall–Kier alpha value is -0.850. The minimum Gasteiger partial charge on any atom is -0.461 e. The fraction of sp³-hybridized carbons (Fsp3) is 0.857. The lowest BCUT2D eigenvalue weighted by atomic mass is 9.44. The molecule has 6 heteroatoms. The standard InChI is InChI=1S/C28H47NO4S/c1-8-26(6)17-22(33-23(31)18-34-16-15-29(9-2)10-3)27(7)19(4)11-13-28(20(5)25(26)32)14-12-21(30)24(27)28/h8,19-20,22,24-25,32H,1,9-18H2,2-7H3/t19?,20-,22+,24+,25-,26+,27-,28-/m0/s1.